The topological polar surface area (TPSA) is 92.5 Å². The zero-order valence-electron chi connectivity index (χ0n) is 10.9. The van der Waals surface area contributed by atoms with E-state index in [-0.39, 0.29) is 13.0 Å². The number of nitrogens with two attached hydrogens (primary N) is 2. The predicted octanol–water partition coefficient (Wildman–Crippen LogP) is 2.07. The van der Waals surface area contributed by atoms with Gasteiger partial charge in [0.05, 0.1) is 12.7 Å². The van der Waals surface area contributed by atoms with Crippen molar-refractivity contribution in [2.75, 3.05) is 18.1 Å². The normalized spacial score (nSPS) is 12.3. The van der Waals surface area contributed by atoms with Crippen molar-refractivity contribution in [3.05, 3.63) is 47.0 Å². The van der Waals surface area contributed by atoms with Gasteiger partial charge in [-0.1, -0.05) is 23.7 Å². The van der Waals surface area contributed by atoms with Crippen LogP contribution in [0.1, 0.15) is 5.56 Å². The van der Waals surface area contributed by atoms with Crippen LogP contribution < -0.4 is 11.5 Å². The summed E-state index contributed by atoms with van der Waals surface area (Å²) >= 11 is 5.89. The molecule has 0 aliphatic carbocycles. The number of anilines is 2. The molecule has 0 amide bonds. The van der Waals surface area contributed by atoms with Crippen LogP contribution in [0.3, 0.4) is 0 Å². The van der Waals surface area contributed by atoms with Crippen LogP contribution in [0, 0.1) is 0 Å². The third kappa shape index (κ3) is 3.22. The first-order chi connectivity index (χ1) is 9.51. The Kier molecular flexibility index (Phi) is 4.49. The van der Waals surface area contributed by atoms with Crippen molar-refractivity contribution < 1.29 is 10.2 Å². The van der Waals surface area contributed by atoms with E-state index in [1.165, 1.54) is 0 Å². The van der Waals surface area contributed by atoms with E-state index in [1.807, 2.05) is 12.1 Å². The van der Waals surface area contributed by atoms with Crippen LogP contribution in [0.4, 0.5) is 11.4 Å². The molecular weight excluding hydrogens is 276 g/mol. The fourth-order valence-corrected chi connectivity index (χ4v) is 2.26. The minimum absolute atomic E-state index is 0.264. The molecule has 1 unspecified atom stereocenters. The maximum Gasteiger partial charge on any atom is 0.0812 e. The van der Waals surface area contributed by atoms with E-state index >= 15 is 0 Å². The quantitative estimate of drug-likeness (QED) is 0.649. The first-order valence-electron chi connectivity index (χ1n) is 6.24. The Hall–Kier alpha value is -1.75. The Labute approximate surface area is 122 Å². The minimum Gasteiger partial charge on any atom is -0.399 e. The zero-order valence-corrected chi connectivity index (χ0v) is 11.6. The van der Waals surface area contributed by atoms with Gasteiger partial charge in [-0.25, -0.2) is 0 Å². The molecule has 0 radical (unpaired) electrons. The average molecular weight is 293 g/mol. The van der Waals surface area contributed by atoms with Crippen LogP contribution in [0.15, 0.2) is 36.4 Å². The van der Waals surface area contributed by atoms with E-state index < -0.39 is 6.10 Å². The second-order valence-electron chi connectivity index (χ2n) is 4.68. The smallest absolute Gasteiger partial charge is 0.0812 e. The molecule has 0 saturated carbocycles. The van der Waals surface area contributed by atoms with Gasteiger partial charge < -0.3 is 21.7 Å². The minimum atomic E-state index is -0.855. The van der Waals surface area contributed by atoms with E-state index in [4.69, 9.17) is 28.2 Å². The molecule has 106 valence electrons. The fourth-order valence-electron chi connectivity index (χ4n) is 2.13. The molecule has 6 N–H and O–H groups in total. The Balaban J connectivity index is 2.52. The second kappa shape index (κ2) is 6.13. The van der Waals surface area contributed by atoms with Crippen molar-refractivity contribution in [1.29, 1.82) is 0 Å². The summed E-state index contributed by atoms with van der Waals surface area (Å²) in [5.41, 5.74) is 15.4. The molecule has 5 heteroatoms. The average Bonchev–Trinajstić information content (AvgIpc) is 2.42. The zero-order chi connectivity index (χ0) is 14.7. The standard InChI is InChI=1S/C15H17ClN2O2/c16-10-3-1-9(2-4-10)13-5-11(17)6-15(18)14(13)7-12(20)8-19/h1-6,12,19-20H,7-8,17-18H2. The monoisotopic (exact) mass is 292 g/mol. The molecule has 4 nitrogen and oxygen atoms in total. The summed E-state index contributed by atoms with van der Waals surface area (Å²) in [5.74, 6) is 0. The summed E-state index contributed by atoms with van der Waals surface area (Å²) in [4.78, 5) is 0. The Morgan fingerprint density at radius 2 is 1.75 bits per heavy atom. The van der Waals surface area contributed by atoms with Gasteiger partial charge in [-0.05, 0) is 41.0 Å². The van der Waals surface area contributed by atoms with Crippen molar-refractivity contribution in [1.82, 2.24) is 0 Å². The maximum atomic E-state index is 9.66. The number of benzene rings is 2. The van der Waals surface area contributed by atoms with Gasteiger partial charge in [-0.3, -0.25) is 0 Å². The van der Waals surface area contributed by atoms with Crippen LogP contribution in [0.25, 0.3) is 11.1 Å². The summed E-state index contributed by atoms with van der Waals surface area (Å²) < 4.78 is 0. The molecule has 0 saturated heterocycles. The molecule has 1 atom stereocenters. The number of halogens is 1. The second-order valence-corrected chi connectivity index (χ2v) is 5.12. The summed E-state index contributed by atoms with van der Waals surface area (Å²) in [5, 5.41) is 19.3. The molecular formula is C15H17ClN2O2. The van der Waals surface area contributed by atoms with Gasteiger partial charge in [0, 0.05) is 22.8 Å². The van der Waals surface area contributed by atoms with Crippen molar-refractivity contribution in [3.8, 4) is 11.1 Å². The first-order valence-corrected chi connectivity index (χ1v) is 6.61. The molecule has 0 aliphatic rings. The van der Waals surface area contributed by atoms with Crippen LogP contribution in [-0.2, 0) is 6.42 Å². The molecule has 2 aromatic rings. The fraction of sp³-hybridized carbons (Fsp3) is 0.200. The van der Waals surface area contributed by atoms with E-state index in [9.17, 15) is 5.11 Å². The van der Waals surface area contributed by atoms with Crippen LogP contribution in [0.5, 0.6) is 0 Å². The number of rotatable bonds is 4. The van der Waals surface area contributed by atoms with E-state index in [1.54, 1.807) is 24.3 Å². The molecule has 0 aliphatic heterocycles. The summed E-state index contributed by atoms with van der Waals surface area (Å²) in [6, 6.07) is 10.7. The van der Waals surface area contributed by atoms with Crippen LogP contribution in [-0.4, -0.2) is 22.9 Å². The molecule has 0 aromatic heterocycles. The maximum absolute atomic E-state index is 9.66. The number of aliphatic hydroxyl groups excluding tert-OH is 2. The van der Waals surface area contributed by atoms with Gasteiger partial charge in [0.1, 0.15) is 0 Å². The predicted molar refractivity (Wildman–Crippen MR) is 82.5 cm³/mol. The highest BCUT2D eigenvalue weighted by Crippen LogP contribution is 2.32. The Bertz CT molecular complexity index is 600. The molecule has 2 aromatic carbocycles. The molecule has 0 spiro atoms. The van der Waals surface area contributed by atoms with Crippen molar-refractivity contribution in [2.45, 2.75) is 12.5 Å². The first kappa shape index (κ1) is 14.7. The number of hydrogen-bond donors (Lipinski definition) is 4. The summed E-state index contributed by atoms with van der Waals surface area (Å²) in [6.07, 6.45) is -0.590. The van der Waals surface area contributed by atoms with Crippen molar-refractivity contribution in [3.63, 3.8) is 0 Å². The Morgan fingerprint density at radius 1 is 1.10 bits per heavy atom. The lowest BCUT2D eigenvalue weighted by Gasteiger charge is -2.16. The lowest BCUT2D eigenvalue weighted by Crippen LogP contribution is -2.17. The number of hydrogen-bond acceptors (Lipinski definition) is 4. The lowest BCUT2D eigenvalue weighted by atomic mass is 9.94. The van der Waals surface area contributed by atoms with Gasteiger partial charge in [0.2, 0.25) is 0 Å². The van der Waals surface area contributed by atoms with Gasteiger partial charge >= 0.3 is 0 Å². The van der Waals surface area contributed by atoms with E-state index in [2.05, 4.69) is 0 Å². The molecule has 20 heavy (non-hydrogen) atoms. The highest BCUT2D eigenvalue weighted by atomic mass is 35.5. The van der Waals surface area contributed by atoms with Gasteiger partial charge in [-0.15, -0.1) is 0 Å². The van der Waals surface area contributed by atoms with Gasteiger partial charge in [0.25, 0.3) is 0 Å². The molecule has 0 heterocycles. The largest absolute Gasteiger partial charge is 0.399 e. The summed E-state index contributed by atoms with van der Waals surface area (Å²) in [7, 11) is 0. The van der Waals surface area contributed by atoms with Gasteiger partial charge in [-0.2, -0.15) is 0 Å². The molecule has 0 fully saturated rings. The highest BCUT2D eigenvalue weighted by molar-refractivity contribution is 6.30. The van der Waals surface area contributed by atoms with Crippen molar-refractivity contribution in [2.24, 2.45) is 0 Å². The molecule has 0 bridgehead atoms. The van der Waals surface area contributed by atoms with Gasteiger partial charge in [0.15, 0.2) is 0 Å². The van der Waals surface area contributed by atoms with Crippen LogP contribution >= 0.6 is 11.6 Å². The van der Waals surface area contributed by atoms with Crippen LogP contribution in [0.2, 0.25) is 5.02 Å². The molecule has 2 rings (SSSR count). The Morgan fingerprint density at radius 3 is 2.35 bits per heavy atom. The summed E-state index contributed by atoms with van der Waals surface area (Å²) in [6.45, 7) is -0.316. The highest BCUT2D eigenvalue weighted by Gasteiger charge is 2.14. The third-order valence-electron chi connectivity index (χ3n) is 3.11. The van der Waals surface area contributed by atoms with E-state index in [0.29, 0.717) is 16.4 Å². The number of aliphatic hydroxyl groups is 2. The SMILES string of the molecule is Nc1cc(N)c(CC(O)CO)c(-c2ccc(Cl)cc2)c1. The van der Waals surface area contributed by atoms with Crippen molar-refractivity contribution >= 4 is 23.0 Å². The third-order valence-corrected chi connectivity index (χ3v) is 3.36. The lowest BCUT2D eigenvalue weighted by molar-refractivity contribution is 0.0957. The van der Waals surface area contributed by atoms with E-state index in [0.717, 1.165) is 16.7 Å². The number of nitrogen functional groups attached to an aromatic ring is 2.